The number of hydrogen-bond acceptors (Lipinski definition) is 2. The van der Waals surface area contributed by atoms with E-state index in [0.29, 0.717) is 16.5 Å². The van der Waals surface area contributed by atoms with E-state index in [1.165, 1.54) is 11.3 Å². The largest absolute Gasteiger partial charge is 0.369 e. The first-order valence-electron chi connectivity index (χ1n) is 8.57. The number of rotatable bonds is 2. The molecule has 0 bridgehead atoms. The van der Waals surface area contributed by atoms with Crippen molar-refractivity contribution in [1.82, 2.24) is 0 Å². The van der Waals surface area contributed by atoms with E-state index in [4.69, 9.17) is 11.6 Å². The summed E-state index contributed by atoms with van der Waals surface area (Å²) in [7, 11) is 2.16. The molecule has 2 aromatic carbocycles. The third-order valence-electron chi connectivity index (χ3n) is 5.24. The molecule has 0 fully saturated rings. The number of nitriles is 1. The Balaban J connectivity index is 2.01. The molecule has 3 heteroatoms. The molecule has 128 valence electrons. The average Bonchev–Trinajstić information content (AvgIpc) is 2.58. The molecule has 1 atom stereocenters. The number of fused-ring (bicyclic) bond motifs is 1. The SMILES string of the molecule is C[C@@H]1CC(C)(C)N(C)c2ccc(/C=C(/C#N)c3ccc(Cl)cc3)cc21. The second kappa shape index (κ2) is 6.58. The first kappa shape index (κ1) is 17.6. The van der Waals surface area contributed by atoms with E-state index in [9.17, 15) is 5.26 Å². The van der Waals surface area contributed by atoms with Crippen LogP contribution in [-0.2, 0) is 0 Å². The maximum absolute atomic E-state index is 9.55. The Bertz CT molecular complexity index is 857. The standard InChI is InChI=1S/C22H23ClN2/c1-15-13-22(2,3)25(4)21-10-5-16(12-20(15)21)11-18(14-24)17-6-8-19(23)9-7-17/h5-12,15H,13H2,1-4H3/b18-11-/t15-/m1/s1. The van der Waals surface area contributed by atoms with Crippen molar-refractivity contribution in [2.24, 2.45) is 0 Å². The van der Waals surface area contributed by atoms with Crippen LogP contribution in [0.2, 0.25) is 5.02 Å². The van der Waals surface area contributed by atoms with Crippen molar-refractivity contribution in [2.75, 3.05) is 11.9 Å². The van der Waals surface area contributed by atoms with E-state index in [0.717, 1.165) is 17.5 Å². The molecule has 0 spiro atoms. The van der Waals surface area contributed by atoms with Gasteiger partial charge in [0.15, 0.2) is 0 Å². The van der Waals surface area contributed by atoms with Crippen molar-refractivity contribution in [3.8, 4) is 6.07 Å². The highest BCUT2D eigenvalue weighted by Gasteiger charge is 2.33. The highest BCUT2D eigenvalue weighted by atomic mass is 35.5. The van der Waals surface area contributed by atoms with Crippen LogP contribution in [0.4, 0.5) is 5.69 Å². The lowest BCUT2D eigenvalue weighted by molar-refractivity contribution is 0.395. The second-order valence-electron chi connectivity index (χ2n) is 7.47. The van der Waals surface area contributed by atoms with Crippen molar-refractivity contribution >= 4 is 28.9 Å². The van der Waals surface area contributed by atoms with Crippen LogP contribution in [0.3, 0.4) is 0 Å². The van der Waals surface area contributed by atoms with Crippen molar-refractivity contribution in [2.45, 2.75) is 38.6 Å². The molecule has 0 N–H and O–H groups in total. The molecule has 0 saturated carbocycles. The zero-order valence-corrected chi connectivity index (χ0v) is 15.9. The van der Waals surface area contributed by atoms with Crippen LogP contribution in [0.25, 0.3) is 11.6 Å². The van der Waals surface area contributed by atoms with Gasteiger partial charge in [-0.2, -0.15) is 5.26 Å². The summed E-state index contributed by atoms with van der Waals surface area (Å²) < 4.78 is 0. The van der Waals surface area contributed by atoms with Crippen LogP contribution in [-0.4, -0.2) is 12.6 Å². The van der Waals surface area contributed by atoms with Gasteiger partial charge in [-0.05, 0) is 73.2 Å². The Morgan fingerprint density at radius 2 is 1.92 bits per heavy atom. The Morgan fingerprint density at radius 3 is 2.56 bits per heavy atom. The number of allylic oxidation sites excluding steroid dienone is 1. The maximum atomic E-state index is 9.55. The third-order valence-corrected chi connectivity index (χ3v) is 5.50. The molecule has 0 saturated heterocycles. The van der Waals surface area contributed by atoms with Crippen molar-refractivity contribution in [1.29, 1.82) is 5.26 Å². The molecule has 0 unspecified atom stereocenters. The van der Waals surface area contributed by atoms with Gasteiger partial charge in [0, 0.05) is 23.3 Å². The van der Waals surface area contributed by atoms with Gasteiger partial charge in [0.2, 0.25) is 0 Å². The minimum Gasteiger partial charge on any atom is -0.369 e. The van der Waals surface area contributed by atoms with Gasteiger partial charge in [-0.15, -0.1) is 0 Å². The number of halogens is 1. The van der Waals surface area contributed by atoms with Gasteiger partial charge in [0.25, 0.3) is 0 Å². The monoisotopic (exact) mass is 350 g/mol. The number of anilines is 1. The minimum absolute atomic E-state index is 0.158. The summed E-state index contributed by atoms with van der Waals surface area (Å²) in [6, 6.07) is 16.2. The van der Waals surface area contributed by atoms with Crippen LogP contribution < -0.4 is 4.90 Å². The molecule has 1 aliphatic rings. The Labute approximate surface area is 155 Å². The van der Waals surface area contributed by atoms with Crippen LogP contribution in [0.15, 0.2) is 42.5 Å². The smallest absolute Gasteiger partial charge is 0.0998 e. The van der Waals surface area contributed by atoms with Gasteiger partial charge in [-0.1, -0.05) is 36.7 Å². The fourth-order valence-corrected chi connectivity index (χ4v) is 3.79. The first-order chi connectivity index (χ1) is 11.8. The van der Waals surface area contributed by atoms with Gasteiger partial charge in [0.1, 0.15) is 0 Å². The van der Waals surface area contributed by atoms with Gasteiger partial charge in [-0.25, -0.2) is 0 Å². The van der Waals surface area contributed by atoms with E-state index < -0.39 is 0 Å². The minimum atomic E-state index is 0.158. The van der Waals surface area contributed by atoms with Crippen molar-refractivity contribution < 1.29 is 0 Å². The van der Waals surface area contributed by atoms with Gasteiger partial charge in [-0.3, -0.25) is 0 Å². The molecular weight excluding hydrogens is 328 g/mol. The summed E-state index contributed by atoms with van der Waals surface area (Å²) in [5.74, 6) is 0.496. The topological polar surface area (TPSA) is 27.0 Å². The quantitative estimate of drug-likeness (QED) is 0.481. The van der Waals surface area contributed by atoms with Gasteiger partial charge >= 0.3 is 0 Å². The summed E-state index contributed by atoms with van der Waals surface area (Å²) >= 11 is 5.94. The fourth-order valence-electron chi connectivity index (χ4n) is 3.66. The van der Waals surface area contributed by atoms with Gasteiger partial charge in [0.05, 0.1) is 11.6 Å². The molecule has 1 aliphatic heterocycles. The highest BCUT2D eigenvalue weighted by molar-refractivity contribution is 6.30. The third kappa shape index (κ3) is 3.43. The lowest BCUT2D eigenvalue weighted by Gasteiger charge is -2.45. The van der Waals surface area contributed by atoms with Gasteiger partial charge < -0.3 is 4.90 Å². The lowest BCUT2D eigenvalue weighted by atomic mass is 9.80. The molecule has 25 heavy (non-hydrogen) atoms. The van der Waals surface area contributed by atoms with E-state index in [2.05, 4.69) is 57.0 Å². The Kier molecular flexibility index (Phi) is 4.62. The van der Waals surface area contributed by atoms with E-state index in [1.54, 1.807) is 0 Å². The first-order valence-corrected chi connectivity index (χ1v) is 8.95. The number of nitrogens with zero attached hydrogens (tertiary/aromatic N) is 2. The number of benzene rings is 2. The molecule has 2 nitrogen and oxygen atoms in total. The zero-order valence-electron chi connectivity index (χ0n) is 15.2. The molecule has 0 amide bonds. The Hall–Kier alpha value is -2.24. The normalized spacial score (nSPS) is 19.3. The zero-order chi connectivity index (χ0) is 18.2. The molecule has 0 aromatic heterocycles. The van der Waals surface area contributed by atoms with Crippen LogP contribution in [0.1, 0.15) is 49.8 Å². The van der Waals surface area contributed by atoms with Crippen LogP contribution >= 0.6 is 11.6 Å². The molecule has 0 aliphatic carbocycles. The molecule has 0 radical (unpaired) electrons. The highest BCUT2D eigenvalue weighted by Crippen LogP contribution is 2.42. The lowest BCUT2D eigenvalue weighted by Crippen LogP contribution is -2.45. The summed E-state index contributed by atoms with van der Waals surface area (Å²) in [6.45, 7) is 6.86. The predicted octanol–water partition coefficient (Wildman–Crippen LogP) is 6.13. The fraction of sp³-hybridized carbons (Fsp3) is 0.318. The predicted molar refractivity (Wildman–Crippen MR) is 107 cm³/mol. The van der Waals surface area contributed by atoms with Crippen molar-refractivity contribution in [3.63, 3.8) is 0 Å². The molecule has 2 aromatic rings. The van der Waals surface area contributed by atoms with Crippen LogP contribution in [0, 0.1) is 11.3 Å². The summed E-state index contributed by atoms with van der Waals surface area (Å²) in [4.78, 5) is 2.36. The Morgan fingerprint density at radius 1 is 1.24 bits per heavy atom. The molecule has 1 heterocycles. The second-order valence-corrected chi connectivity index (χ2v) is 7.91. The summed E-state index contributed by atoms with van der Waals surface area (Å²) in [6.07, 6.45) is 3.07. The summed E-state index contributed by atoms with van der Waals surface area (Å²) in [5, 5.41) is 10.2. The van der Waals surface area contributed by atoms with Crippen molar-refractivity contribution in [3.05, 3.63) is 64.2 Å². The van der Waals surface area contributed by atoms with Crippen LogP contribution in [0.5, 0.6) is 0 Å². The maximum Gasteiger partial charge on any atom is 0.0998 e. The average molecular weight is 351 g/mol. The van der Waals surface area contributed by atoms with E-state index >= 15 is 0 Å². The van der Waals surface area contributed by atoms with E-state index in [-0.39, 0.29) is 5.54 Å². The van der Waals surface area contributed by atoms with E-state index in [1.807, 2.05) is 30.3 Å². The molecular formula is C22H23ClN2. The number of hydrogen-bond donors (Lipinski definition) is 0. The molecule has 3 rings (SSSR count). The summed E-state index contributed by atoms with van der Waals surface area (Å²) in [5.41, 5.74) is 5.38.